The highest BCUT2D eigenvalue weighted by Crippen LogP contribution is 2.34. The fourth-order valence-electron chi connectivity index (χ4n) is 2.87. The maximum atomic E-state index is 12.1. The van der Waals surface area contributed by atoms with Gasteiger partial charge in [-0.3, -0.25) is 4.79 Å². The van der Waals surface area contributed by atoms with E-state index in [0.29, 0.717) is 24.3 Å². The number of hydrogen-bond donors (Lipinski definition) is 2. The summed E-state index contributed by atoms with van der Waals surface area (Å²) in [7, 11) is 0. The molecule has 2 amide bonds. The minimum absolute atomic E-state index is 0.000107. The molecular weight excluding hydrogens is 268 g/mol. The summed E-state index contributed by atoms with van der Waals surface area (Å²) in [5.74, 6) is -0.104. The predicted octanol–water partition coefficient (Wildman–Crippen LogP) is 3.10. The first-order valence-corrected chi connectivity index (χ1v) is 8.05. The maximum absolute atomic E-state index is 12.1. The van der Waals surface area contributed by atoms with Crippen LogP contribution in [0.25, 0.3) is 0 Å². The normalized spacial score (nSPS) is 20.0. The zero-order chi connectivity index (χ0) is 15.9. The van der Waals surface area contributed by atoms with E-state index in [9.17, 15) is 9.59 Å². The van der Waals surface area contributed by atoms with E-state index >= 15 is 0 Å². The van der Waals surface area contributed by atoms with Crippen LogP contribution in [0, 0.1) is 11.3 Å². The van der Waals surface area contributed by atoms with E-state index in [-0.39, 0.29) is 12.5 Å². The van der Waals surface area contributed by atoms with Crippen molar-refractivity contribution in [1.82, 2.24) is 10.2 Å². The number of unbranched alkanes of at least 4 members (excludes halogenated alkanes) is 1. The lowest BCUT2D eigenvalue weighted by Gasteiger charge is -2.29. The highest BCUT2D eigenvalue weighted by molar-refractivity contribution is 5.74. The second-order valence-corrected chi connectivity index (χ2v) is 7.06. The van der Waals surface area contributed by atoms with Crippen LogP contribution >= 0.6 is 0 Å². The molecule has 0 radical (unpaired) electrons. The molecule has 0 bridgehead atoms. The summed E-state index contributed by atoms with van der Waals surface area (Å²) in [5, 5.41) is 11.5. The quantitative estimate of drug-likeness (QED) is 0.766. The Hall–Kier alpha value is -1.26. The molecule has 1 aliphatic heterocycles. The number of likely N-dealkylation sites (tertiary alicyclic amines) is 1. The number of nitrogens with one attached hydrogen (secondary N) is 1. The molecule has 2 N–H and O–H groups in total. The van der Waals surface area contributed by atoms with Crippen LogP contribution in [0.3, 0.4) is 0 Å². The van der Waals surface area contributed by atoms with Crippen LogP contribution in [-0.2, 0) is 4.79 Å². The molecule has 0 aromatic carbocycles. The SMILES string of the molecule is CC(C)(C)C1CCCN(C(=O)NCCCCC(=O)O)CC1. The van der Waals surface area contributed by atoms with Crippen LogP contribution < -0.4 is 5.32 Å². The third kappa shape index (κ3) is 6.82. The second kappa shape index (κ2) is 8.25. The van der Waals surface area contributed by atoms with Crippen molar-refractivity contribution < 1.29 is 14.7 Å². The van der Waals surface area contributed by atoms with E-state index in [1.54, 1.807) is 0 Å². The summed E-state index contributed by atoms with van der Waals surface area (Å²) in [6.45, 7) is 9.03. The van der Waals surface area contributed by atoms with Crippen LogP contribution in [0.2, 0.25) is 0 Å². The topological polar surface area (TPSA) is 69.6 Å². The largest absolute Gasteiger partial charge is 0.481 e. The van der Waals surface area contributed by atoms with Gasteiger partial charge < -0.3 is 15.3 Å². The number of rotatable bonds is 5. The number of hydrogen-bond acceptors (Lipinski definition) is 2. The summed E-state index contributed by atoms with van der Waals surface area (Å²) >= 11 is 0. The number of carboxylic acids is 1. The van der Waals surface area contributed by atoms with E-state index in [1.165, 1.54) is 6.42 Å². The van der Waals surface area contributed by atoms with Gasteiger partial charge in [-0.15, -0.1) is 0 Å². The zero-order valence-corrected chi connectivity index (χ0v) is 13.7. The number of carboxylic acid groups (broad SMARTS) is 1. The van der Waals surface area contributed by atoms with Crippen molar-refractivity contribution >= 4 is 12.0 Å². The Morgan fingerprint density at radius 1 is 1.19 bits per heavy atom. The summed E-state index contributed by atoms with van der Waals surface area (Å²) in [6, 6.07) is -0.000107. The highest BCUT2D eigenvalue weighted by Gasteiger charge is 2.28. The van der Waals surface area contributed by atoms with Gasteiger partial charge in [0.1, 0.15) is 0 Å². The summed E-state index contributed by atoms with van der Waals surface area (Å²) < 4.78 is 0. The van der Waals surface area contributed by atoms with Crippen LogP contribution in [-0.4, -0.2) is 41.6 Å². The smallest absolute Gasteiger partial charge is 0.317 e. The summed E-state index contributed by atoms with van der Waals surface area (Å²) in [5.41, 5.74) is 0.309. The fraction of sp³-hybridized carbons (Fsp3) is 0.875. The molecule has 21 heavy (non-hydrogen) atoms. The van der Waals surface area contributed by atoms with Crippen molar-refractivity contribution in [3.05, 3.63) is 0 Å². The van der Waals surface area contributed by atoms with E-state index in [0.717, 1.165) is 32.4 Å². The first kappa shape index (κ1) is 17.8. The molecule has 1 unspecified atom stereocenters. The van der Waals surface area contributed by atoms with Crippen molar-refractivity contribution in [2.45, 2.75) is 59.3 Å². The lowest BCUT2D eigenvalue weighted by molar-refractivity contribution is -0.137. The van der Waals surface area contributed by atoms with Gasteiger partial charge in [0.15, 0.2) is 0 Å². The van der Waals surface area contributed by atoms with E-state index < -0.39 is 5.97 Å². The van der Waals surface area contributed by atoms with E-state index in [1.807, 2.05) is 4.90 Å². The fourth-order valence-corrected chi connectivity index (χ4v) is 2.87. The number of carbonyl (C=O) groups is 2. The Balaban J connectivity index is 2.27. The molecule has 5 heteroatoms. The first-order valence-electron chi connectivity index (χ1n) is 8.05. The molecule has 1 rings (SSSR count). The number of carbonyl (C=O) groups excluding carboxylic acids is 1. The molecule has 1 heterocycles. The average molecular weight is 298 g/mol. The van der Waals surface area contributed by atoms with Gasteiger partial charge in [-0.2, -0.15) is 0 Å². The first-order chi connectivity index (χ1) is 9.80. The van der Waals surface area contributed by atoms with Crippen LogP contribution in [0.15, 0.2) is 0 Å². The second-order valence-electron chi connectivity index (χ2n) is 7.06. The van der Waals surface area contributed by atoms with E-state index in [4.69, 9.17) is 5.11 Å². The van der Waals surface area contributed by atoms with Gasteiger partial charge in [0.2, 0.25) is 0 Å². The number of nitrogens with zero attached hydrogens (tertiary/aromatic N) is 1. The highest BCUT2D eigenvalue weighted by atomic mass is 16.4. The maximum Gasteiger partial charge on any atom is 0.317 e. The minimum atomic E-state index is -0.776. The molecule has 1 aliphatic rings. The molecule has 1 atom stereocenters. The molecule has 0 aliphatic carbocycles. The lowest BCUT2D eigenvalue weighted by Crippen LogP contribution is -2.41. The van der Waals surface area contributed by atoms with Crippen molar-refractivity contribution in [1.29, 1.82) is 0 Å². The molecule has 0 spiro atoms. The Kier molecular flexibility index (Phi) is 6.99. The summed E-state index contributed by atoms with van der Waals surface area (Å²) in [6.07, 6.45) is 4.82. The minimum Gasteiger partial charge on any atom is -0.481 e. The molecule has 0 aromatic heterocycles. The average Bonchev–Trinajstić information content (AvgIpc) is 2.63. The van der Waals surface area contributed by atoms with Gasteiger partial charge in [0.25, 0.3) is 0 Å². The Bertz CT molecular complexity index is 350. The van der Waals surface area contributed by atoms with E-state index in [2.05, 4.69) is 26.1 Å². The van der Waals surface area contributed by atoms with Crippen molar-refractivity contribution in [2.24, 2.45) is 11.3 Å². The number of amides is 2. The molecular formula is C16H30N2O3. The molecule has 1 fully saturated rings. The third-order valence-corrected chi connectivity index (χ3v) is 4.33. The van der Waals surface area contributed by atoms with Gasteiger partial charge in [-0.1, -0.05) is 20.8 Å². The number of aliphatic carboxylic acids is 1. The van der Waals surface area contributed by atoms with Gasteiger partial charge >= 0.3 is 12.0 Å². The van der Waals surface area contributed by atoms with Crippen LogP contribution in [0.4, 0.5) is 4.79 Å². The molecule has 0 aromatic rings. The van der Waals surface area contributed by atoms with Gasteiger partial charge in [-0.05, 0) is 43.4 Å². The molecule has 122 valence electrons. The van der Waals surface area contributed by atoms with Crippen LogP contribution in [0.5, 0.6) is 0 Å². The Labute approximate surface area is 128 Å². The monoisotopic (exact) mass is 298 g/mol. The van der Waals surface area contributed by atoms with Gasteiger partial charge in [0.05, 0.1) is 0 Å². The lowest BCUT2D eigenvalue weighted by atomic mass is 9.77. The Morgan fingerprint density at radius 2 is 1.90 bits per heavy atom. The molecule has 0 saturated carbocycles. The summed E-state index contributed by atoms with van der Waals surface area (Å²) in [4.78, 5) is 24.4. The third-order valence-electron chi connectivity index (χ3n) is 4.33. The zero-order valence-electron chi connectivity index (χ0n) is 13.7. The van der Waals surface area contributed by atoms with Gasteiger partial charge in [-0.25, -0.2) is 4.79 Å². The standard InChI is InChI=1S/C16H30N2O3/c1-16(2,3)13-7-6-11-18(12-9-13)15(21)17-10-5-4-8-14(19)20/h13H,4-12H2,1-3H3,(H,17,21)(H,19,20). The molecule has 1 saturated heterocycles. The van der Waals surface area contributed by atoms with Crippen molar-refractivity contribution in [2.75, 3.05) is 19.6 Å². The van der Waals surface area contributed by atoms with Crippen molar-refractivity contribution in [3.8, 4) is 0 Å². The van der Waals surface area contributed by atoms with Crippen molar-refractivity contribution in [3.63, 3.8) is 0 Å². The predicted molar refractivity (Wildman–Crippen MR) is 83.3 cm³/mol. The molecule has 5 nitrogen and oxygen atoms in total. The van der Waals surface area contributed by atoms with Gasteiger partial charge in [0, 0.05) is 26.1 Å². The Morgan fingerprint density at radius 3 is 2.52 bits per heavy atom. The van der Waals surface area contributed by atoms with Crippen LogP contribution in [0.1, 0.15) is 59.3 Å². The number of urea groups is 1.